The van der Waals surface area contributed by atoms with E-state index in [1.165, 1.54) is 31.4 Å². The highest BCUT2D eigenvalue weighted by Gasteiger charge is 2.33. The van der Waals surface area contributed by atoms with Gasteiger partial charge in [0.1, 0.15) is 0 Å². The molecule has 0 spiro atoms. The molecular weight excluding hydrogens is 390 g/mol. The van der Waals surface area contributed by atoms with Crippen molar-refractivity contribution >= 4 is 11.8 Å². The van der Waals surface area contributed by atoms with Gasteiger partial charge in [-0.25, -0.2) is 8.78 Å². The maximum absolute atomic E-state index is 14.1. The van der Waals surface area contributed by atoms with Crippen molar-refractivity contribution in [2.75, 3.05) is 46.3 Å². The third-order valence-corrected chi connectivity index (χ3v) is 6.06. The molecule has 1 atom stereocenters. The first-order valence-electron chi connectivity index (χ1n) is 10.9. The molecule has 0 unspecified atom stereocenters. The van der Waals surface area contributed by atoms with Crippen LogP contribution in [0.25, 0.3) is 0 Å². The van der Waals surface area contributed by atoms with E-state index in [4.69, 9.17) is 0 Å². The molecule has 3 rings (SSSR count). The van der Waals surface area contributed by atoms with Gasteiger partial charge in [-0.2, -0.15) is 0 Å². The van der Waals surface area contributed by atoms with Crippen molar-refractivity contribution in [3.63, 3.8) is 0 Å². The smallest absolute Gasteiger partial charge is 0.237 e. The van der Waals surface area contributed by atoms with Gasteiger partial charge in [0.05, 0.1) is 12.5 Å². The lowest BCUT2D eigenvalue weighted by molar-refractivity contribution is -0.138. The Morgan fingerprint density at radius 3 is 2.73 bits per heavy atom. The van der Waals surface area contributed by atoms with Crippen molar-refractivity contribution < 1.29 is 18.4 Å². The molecule has 0 aromatic heterocycles. The van der Waals surface area contributed by atoms with E-state index in [1.54, 1.807) is 16.8 Å². The Labute approximate surface area is 177 Å². The molecule has 6 nitrogen and oxygen atoms in total. The lowest BCUT2D eigenvalue weighted by Crippen LogP contribution is -2.56. The van der Waals surface area contributed by atoms with Crippen LogP contribution in [0.3, 0.4) is 0 Å². The normalized spacial score (nSPS) is 20.8. The molecule has 2 heterocycles. The van der Waals surface area contributed by atoms with Gasteiger partial charge in [-0.1, -0.05) is 18.6 Å². The van der Waals surface area contributed by atoms with Gasteiger partial charge in [-0.05, 0) is 45.0 Å². The molecule has 0 saturated carbocycles. The average Bonchev–Trinajstić information content (AvgIpc) is 2.74. The van der Waals surface area contributed by atoms with Crippen LogP contribution >= 0.6 is 0 Å². The second-order valence-corrected chi connectivity index (χ2v) is 8.27. The van der Waals surface area contributed by atoms with E-state index < -0.39 is 17.7 Å². The van der Waals surface area contributed by atoms with Gasteiger partial charge < -0.3 is 15.1 Å². The zero-order valence-electron chi connectivity index (χ0n) is 17.7. The summed E-state index contributed by atoms with van der Waals surface area (Å²) < 4.78 is 27.6. The van der Waals surface area contributed by atoms with E-state index in [0.29, 0.717) is 19.6 Å². The molecule has 2 aliphatic rings. The number of amides is 2. The molecule has 0 radical (unpaired) electrons. The molecule has 2 amide bonds. The molecule has 2 fully saturated rings. The van der Waals surface area contributed by atoms with Gasteiger partial charge in [0, 0.05) is 38.8 Å². The van der Waals surface area contributed by atoms with Crippen LogP contribution in [0, 0.1) is 11.6 Å². The topological polar surface area (TPSA) is 55.9 Å². The quantitative estimate of drug-likeness (QED) is 0.696. The average molecular weight is 423 g/mol. The standard InChI is InChI=1S/C22H32F2N4O2/c1-26(10-6-13-27-11-3-2-4-12-27)20(29)15-19-22(30)25-9-14-28(19)16-17-7-5-8-18(23)21(17)24/h5,7-8,19H,2-4,6,9-16H2,1H3,(H,25,30)/t19-/m0/s1. The zero-order chi connectivity index (χ0) is 21.5. The minimum Gasteiger partial charge on any atom is -0.353 e. The minimum atomic E-state index is -0.907. The predicted molar refractivity (Wildman–Crippen MR) is 111 cm³/mol. The molecule has 8 heteroatoms. The van der Waals surface area contributed by atoms with Crippen LogP contribution in [0.15, 0.2) is 18.2 Å². The maximum atomic E-state index is 14.1. The molecular formula is C22H32F2N4O2. The second kappa shape index (κ2) is 10.8. The summed E-state index contributed by atoms with van der Waals surface area (Å²) in [5, 5.41) is 2.78. The van der Waals surface area contributed by atoms with Crippen LogP contribution in [0.5, 0.6) is 0 Å². The van der Waals surface area contributed by atoms with E-state index in [9.17, 15) is 18.4 Å². The van der Waals surface area contributed by atoms with Crippen molar-refractivity contribution in [3.8, 4) is 0 Å². The second-order valence-electron chi connectivity index (χ2n) is 8.27. The Morgan fingerprint density at radius 2 is 1.97 bits per heavy atom. The van der Waals surface area contributed by atoms with Crippen LogP contribution in [0.2, 0.25) is 0 Å². The van der Waals surface area contributed by atoms with Crippen molar-refractivity contribution in [1.29, 1.82) is 0 Å². The van der Waals surface area contributed by atoms with Gasteiger partial charge >= 0.3 is 0 Å². The number of benzene rings is 1. The summed E-state index contributed by atoms with van der Waals surface area (Å²) in [6, 6.07) is 3.35. The molecule has 0 aliphatic carbocycles. The fourth-order valence-electron chi connectivity index (χ4n) is 4.22. The SMILES string of the molecule is CN(CCCN1CCCCC1)C(=O)C[C@H]1C(=O)NCCN1Cc1cccc(F)c1F. The first-order valence-corrected chi connectivity index (χ1v) is 10.9. The summed E-state index contributed by atoms with van der Waals surface area (Å²) in [5.74, 6) is -2.16. The summed E-state index contributed by atoms with van der Waals surface area (Å²) in [7, 11) is 1.76. The van der Waals surface area contributed by atoms with Gasteiger partial charge in [0.2, 0.25) is 11.8 Å². The Balaban J connectivity index is 1.54. The monoisotopic (exact) mass is 422 g/mol. The third kappa shape index (κ3) is 5.98. The zero-order valence-corrected chi connectivity index (χ0v) is 17.7. The number of hydrogen-bond donors (Lipinski definition) is 1. The van der Waals surface area contributed by atoms with Crippen LogP contribution in [-0.2, 0) is 16.1 Å². The maximum Gasteiger partial charge on any atom is 0.237 e. The predicted octanol–water partition coefficient (Wildman–Crippen LogP) is 1.99. The van der Waals surface area contributed by atoms with Crippen molar-refractivity contribution in [2.24, 2.45) is 0 Å². The molecule has 2 saturated heterocycles. The number of likely N-dealkylation sites (tertiary alicyclic amines) is 1. The van der Waals surface area contributed by atoms with E-state index >= 15 is 0 Å². The highest BCUT2D eigenvalue weighted by molar-refractivity contribution is 5.88. The summed E-state index contributed by atoms with van der Waals surface area (Å²) >= 11 is 0. The van der Waals surface area contributed by atoms with Crippen molar-refractivity contribution in [1.82, 2.24) is 20.0 Å². The number of piperidine rings is 1. The van der Waals surface area contributed by atoms with Crippen LogP contribution in [0.1, 0.15) is 37.7 Å². The largest absolute Gasteiger partial charge is 0.353 e. The number of nitrogens with zero attached hydrogens (tertiary/aromatic N) is 3. The minimum absolute atomic E-state index is 0.0307. The number of carbonyl (C=O) groups is 2. The first-order chi connectivity index (χ1) is 14.5. The fourth-order valence-corrected chi connectivity index (χ4v) is 4.22. The number of piperazine rings is 1. The molecule has 30 heavy (non-hydrogen) atoms. The number of carbonyl (C=O) groups excluding carboxylic acids is 2. The van der Waals surface area contributed by atoms with E-state index in [2.05, 4.69) is 10.2 Å². The van der Waals surface area contributed by atoms with Crippen LogP contribution in [0.4, 0.5) is 8.78 Å². The number of halogens is 2. The Morgan fingerprint density at radius 1 is 1.20 bits per heavy atom. The van der Waals surface area contributed by atoms with E-state index in [0.717, 1.165) is 32.1 Å². The van der Waals surface area contributed by atoms with Crippen LogP contribution < -0.4 is 5.32 Å². The van der Waals surface area contributed by atoms with Gasteiger partial charge in [0.15, 0.2) is 11.6 Å². The lowest BCUT2D eigenvalue weighted by Gasteiger charge is -2.35. The lowest BCUT2D eigenvalue weighted by atomic mass is 10.1. The van der Waals surface area contributed by atoms with Gasteiger partial charge in [-0.3, -0.25) is 14.5 Å². The molecule has 1 aromatic rings. The van der Waals surface area contributed by atoms with E-state index in [1.807, 2.05) is 0 Å². The summed E-state index contributed by atoms with van der Waals surface area (Å²) in [4.78, 5) is 31.0. The first kappa shape index (κ1) is 22.6. The summed E-state index contributed by atoms with van der Waals surface area (Å²) in [5.41, 5.74) is 0.192. The van der Waals surface area contributed by atoms with Gasteiger partial charge in [0.25, 0.3) is 0 Å². The molecule has 2 aliphatic heterocycles. The highest BCUT2D eigenvalue weighted by atomic mass is 19.2. The Hall–Kier alpha value is -2.06. The summed E-state index contributed by atoms with van der Waals surface area (Å²) in [6.07, 6.45) is 4.72. The summed E-state index contributed by atoms with van der Waals surface area (Å²) in [6.45, 7) is 4.88. The van der Waals surface area contributed by atoms with Crippen molar-refractivity contribution in [3.05, 3.63) is 35.4 Å². The van der Waals surface area contributed by atoms with Crippen LogP contribution in [-0.4, -0.2) is 78.9 Å². The number of hydrogen-bond acceptors (Lipinski definition) is 4. The van der Waals surface area contributed by atoms with E-state index in [-0.39, 0.29) is 30.3 Å². The highest BCUT2D eigenvalue weighted by Crippen LogP contribution is 2.18. The number of rotatable bonds is 8. The Bertz CT molecular complexity index is 740. The van der Waals surface area contributed by atoms with Gasteiger partial charge in [-0.15, -0.1) is 0 Å². The Kier molecular flexibility index (Phi) is 8.16. The number of nitrogens with one attached hydrogen (secondary N) is 1. The molecule has 166 valence electrons. The van der Waals surface area contributed by atoms with Crippen molar-refractivity contribution in [2.45, 2.75) is 44.7 Å². The fraction of sp³-hybridized carbons (Fsp3) is 0.636. The molecule has 1 N–H and O–H groups in total. The molecule has 0 bridgehead atoms. The third-order valence-electron chi connectivity index (χ3n) is 6.06. The molecule has 1 aromatic carbocycles.